The maximum Gasteiger partial charge on any atom is 0.279 e. The molecule has 0 saturated heterocycles. The van der Waals surface area contributed by atoms with Crippen LogP contribution in [0, 0.1) is 5.92 Å². The van der Waals surface area contributed by atoms with E-state index in [1.807, 2.05) is 18.2 Å². The highest BCUT2D eigenvalue weighted by Gasteiger charge is 2.38. The summed E-state index contributed by atoms with van der Waals surface area (Å²) in [5.74, 6) is 0.0779. The minimum absolute atomic E-state index is 0.154. The number of nitrogens with zero attached hydrogens (tertiary/aromatic N) is 3. The summed E-state index contributed by atoms with van der Waals surface area (Å²) < 4.78 is 5.53. The van der Waals surface area contributed by atoms with Crippen LogP contribution in [0.5, 0.6) is 5.88 Å². The van der Waals surface area contributed by atoms with Gasteiger partial charge in [-0.15, -0.1) is 0 Å². The van der Waals surface area contributed by atoms with Crippen molar-refractivity contribution in [2.45, 2.75) is 25.3 Å². The summed E-state index contributed by atoms with van der Waals surface area (Å²) in [5.41, 5.74) is 7.25. The summed E-state index contributed by atoms with van der Waals surface area (Å²) in [7, 11) is 0. The van der Waals surface area contributed by atoms with Crippen LogP contribution in [0.1, 0.15) is 28.9 Å². The first-order valence-electron chi connectivity index (χ1n) is 8.29. The van der Waals surface area contributed by atoms with Crippen LogP contribution in [-0.2, 0) is 11.2 Å². The van der Waals surface area contributed by atoms with Crippen LogP contribution in [0.2, 0.25) is 0 Å². The minimum atomic E-state index is -0.711. The number of fused-ring (bicyclic) bond motifs is 1. The molecule has 2 aliphatic rings. The standard InChI is InChI=1S/C18H18N4O3/c19-17(23)15-7-12-3-1-2-4-14(12)22(15)18(24)13-8-21-16(9-20-13)25-10-11-5-6-11/h1-4,8-9,11,15H,5-7,10H2,(H2,19,23)/t15-/m0/s1. The van der Waals surface area contributed by atoms with E-state index in [4.69, 9.17) is 10.5 Å². The summed E-state index contributed by atoms with van der Waals surface area (Å²) in [6.45, 7) is 0.630. The highest BCUT2D eigenvalue weighted by molar-refractivity contribution is 6.10. The van der Waals surface area contributed by atoms with Gasteiger partial charge in [-0.2, -0.15) is 0 Å². The van der Waals surface area contributed by atoms with Gasteiger partial charge < -0.3 is 10.5 Å². The third-order valence-corrected chi connectivity index (χ3v) is 4.53. The van der Waals surface area contributed by atoms with Crippen molar-refractivity contribution in [3.63, 3.8) is 0 Å². The molecule has 128 valence electrons. The maximum absolute atomic E-state index is 12.9. The lowest BCUT2D eigenvalue weighted by atomic mass is 10.1. The zero-order valence-corrected chi connectivity index (χ0v) is 13.6. The van der Waals surface area contributed by atoms with E-state index >= 15 is 0 Å². The van der Waals surface area contributed by atoms with E-state index < -0.39 is 17.9 Å². The van der Waals surface area contributed by atoms with E-state index in [1.54, 1.807) is 6.07 Å². The Hall–Kier alpha value is -2.96. The molecule has 1 fully saturated rings. The van der Waals surface area contributed by atoms with Gasteiger partial charge in [0.1, 0.15) is 11.7 Å². The Labute approximate surface area is 144 Å². The summed E-state index contributed by atoms with van der Waals surface area (Å²) in [5, 5.41) is 0. The molecule has 4 rings (SSSR count). The molecule has 25 heavy (non-hydrogen) atoms. The van der Waals surface area contributed by atoms with Crippen LogP contribution in [0.4, 0.5) is 5.69 Å². The van der Waals surface area contributed by atoms with E-state index in [0.29, 0.717) is 30.5 Å². The molecule has 0 bridgehead atoms. The average Bonchev–Trinajstić information content (AvgIpc) is 3.37. The molecule has 2 N–H and O–H groups in total. The SMILES string of the molecule is NC(=O)[C@@H]1Cc2ccccc2N1C(=O)c1cnc(OCC2CC2)cn1. The number of hydrogen-bond donors (Lipinski definition) is 1. The first-order valence-corrected chi connectivity index (χ1v) is 8.29. The highest BCUT2D eigenvalue weighted by atomic mass is 16.5. The molecule has 7 nitrogen and oxygen atoms in total. The van der Waals surface area contributed by atoms with Gasteiger partial charge in [0.05, 0.1) is 19.0 Å². The number of aromatic nitrogens is 2. The van der Waals surface area contributed by atoms with E-state index in [0.717, 1.165) is 5.56 Å². The number of rotatable bonds is 5. The Kier molecular flexibility index (Phi) is 3.83. The van der Waals surface area contributed by atoms with Crippen molar-refractivity contribution in [1.82, 2.24) is 9.97 Å². The average molecular weight is 338 g/mol. The van der Waals surface area contributed by atoms with E-state index in [9.17, 15) is 9.59 Å². The summed E-state index contributed by atoms with van der Waals surface area (Å²) >= 11 is 0. The second kappa shape index (κ2) is 6.16. The van der Waals surface area contributed by atoms with Gasteiger partial charge in [0, 0.05) is 12.1 Å². The van der Waals surface area contributed by atoms with Gasteiger partial charge in [-0.25, -0.2) is 9.97 Å². The second-order valence-corrected chi connectivity index (χ2v) is 6.42. The fourth-order valence-electron chi connectivity index (χ4n) is 2.98. The Morgan fingerprint density at radius 1 is 1.20 bits per heavy atom. The molecule has 1 aromatic heterocycles. The van der Waals surface area contributed by atoms with Crippen molar-refractivity contribution in [1.29, 1.82) is 0 Å². The number of benzene rings is 1. The molecule has 0 radical (unpaired) electrons. The van der Waals surface area contributed by atoms with Crippen molar-refractivity contribution < 1.29 is 14.3 Å². The molecular formula is C18H18N4O3. The van der Waals surface area contributed by atoms with Crippen molar-refractivity contribution in [3.8, 4) is 5.88 Å². The molecule has 1 aliphatic carbocycles. The van der Waals surface area contributed by atoms with Crippen molar-refractivity contribution in [2.75, 3.05) is 11.5 Å². The van der Waals surface area contributed by atoms with Crippen molar-refractivity contribution >= 4 is 17.5 Å². The highest BCUT2D eigenvalue weighted by Crippen LogP contribution is 2.33. The molecule has 0 unspecified atom stereocenters. The van der Waals surface area contributed by atoms with Gasteiger partial charge in [0.25, 0.3) is 5.91 Å². The predicted octanol–water partition coefficient (Wildman–Crippen LogP) is 1.32. The van der Waals surface area contributed by atoms with Gasteiger partial charge in [-0.05, 0) is 30.4 Å². The normalized spacial score (nSPS) is 18.7. The monoisotopic (exact) mass is 338 g/mol. The molecule has 1 saturated carbocycles. The number of carbonyl (C=O) groups excluding carboxylic acids is 2. The van der Waals surface area contributed by atoms with Gasteiger partial charge in [-0.3, -0.25) is 14.5 Å². The summed E-state index contributed by atoms with van der Waals surface area (Å²) in [6.07, 6.45) is 5.60. The molecule has 0 spiro atoms. The number of hydrogen-bond acceptors (Lipinski definition) is 5. The first kappa shape index (κ1) is 15.6. The largest absolute Gasteiger partial charge is 0.476 e. The van der Waals surface area contributed by atoms with Gasteiger partial charge in [-0.1, -0.05) is 18.2 Å². The zero-order valence-electron chi connectivity index (χ0n) is 13.6. The van der Waals surface area contributed by atoms with Crippen LogP contribution in [0.3, 0.4) is 0 Å². The van der Waals surface area contributed by atoms with Crippen molar-refractivity contribution in [2.24, 2.45) is 11.7 Å². The Morgan fingerprint density at radius 2 is 2.00 bits per heavy atom. The lowest BCUT2D eigenvalue weighted by Gasteiger charge is -2.22. The van der Waals surface area contributed by atoms with E-state index in [2.05, 4.69) is 9.97 Å². The molecule has 7 heteroatoms. The number of nitrogens with two attached hydrogens (primary N) is 1. The van der Waals surface area contributed by atoms with E-state index in [-0.39, 0.29) is 5.69 Å². The topological polar surface area (TPSA) is 98.4 Å². The van der Waals surface area contributed by atoms with Crippen LogP contribution < -0.4 is 15.4 Å². The molecule has 1 aromatic carbocycles. The van der Waals surface area contributed by atoms with Crippen LogP contribution in [0.25, 0.3) is 0 Å². The number of ether oxygens (including phenoxy) is 1. The summed E-state index contributed by atoms with van der Waals surface area (Å²) in [4.78, 5) is 34.4. The third-order valence-electron chi connectivity index (χ3n) is 4.53. The van der Waals surface area contributed by atoms with Crippen molar-refractivity contribution in [3.05, 3.63) is 47.9 Å². The Morgan fingerprint density at radius 3 is 2.68 bits per heavy atom. The quantitative estimate of drug-likeness (QED) is 0.886. The number of amides is 2. The molecule has 2 heterocycles. The maximum atomic E-state index is 12.9. The molecule has 1 aliphatic heterocycles. The first-order chi connectivity index (χ1) is 12.1. The second-order valence-electron chi connectivity index (χ2n) is 6.42. The smallest absolute Gasteiger partial charge is 0.279 e. The molecule has 1 atom stereocenters. The Balaban J connectivity index is 1.56. The molecule has 2 aromatic rings. The van der Waals surface area contributed by atoms with Crippen LogP contribution >= 0.6 is 0 Å². The number of primary amides is 1. The molecular weight excluding hydrogens is 320 g/mol. The number of carbonyl (C=O) groups is 2. The summed E-state index contributed by atoms with van der Waals surface area (Å²) in [6, 6.07) is 6.67. The number of para-hydroxylation sites is 1. The minimum Gasteiger partial charge on any atom is -0.476 e. The lowest BCUT2D eigenvalue weighted by molar-refractivity contribution is -0.119. The third kappa shape index (κ3) is 3.05. The lowest BCUT2D eigenvalue weighted by Crippen LogP contribution is -2.46. The fourth-order valence-corrected chi connectivity index (χ4v) is 2.98. The Bertz CT molecular complexity index is 817. The molecule has 2 amide bonds. The van der Waals surface area contributed by atoms with Gasteiger partial charge in [0.15, 0.2) is 0 Å². The van der Waals surface area contributed by atoms with Gasteiger partial charge >= 0.3 is 0 Å². The van der Waals surface area contributed by atoms with Gasteiger partial charge in [0.2, 0.25) is 11.8 Å². The fraction of sp³-hybridized carbons (Fsp3) is 0.333. The van der Waals surface area contributed by atoms with E-state index in [1.165, 1.54) is 30.1 Å². The predicted molar refractivity (Wildman–Crippen MR) is 90.2 cm³/mol. The zero-order chi connectivity index (χ0) is 17.4. The van der Waals surface area contributed by atoms with Crippen LogP contribution in [-0.4, -0.2) is 34.4 Å². The van der Waals surface area contributed by atoms with Crippen LogP contribution in [0.15, 0.2) is 36.7 Å². The number of anilines is 1.